The molecule has 0 spiro atoms. The molecule has 0 atom stereocenters. The van der Waals surface area contributed by atoms with Gasteiger partial charge in [-0.05, 0) is 6.92 Å². The topological polar surface area (TPSA) is 30.0 Å². The van der Waals surface area contributed by atoms with Crippen LogP contribution in [0.2, 0.25) is 0 Å². The molecule has 1 aliphatic rings. The number of hydrogen-bond acceptors (Lipinski definition) is 3. The molecule has 11 heavy (non-hydrogen) atoms. The minimum absolute atomic E-state index is 0.378. The second-order valence-corrected chi connectivity index (χ2v) is 3.86. The Bertz CT molecular complexity index is 284. The van der Waals surface area contributed by atoms with Crippen LogP contribution in [0.15, 0.2) is 5.38 Å². The third-order valence-corrected chi connectivity index (χ3v) is 3.06. The Labute approximate surface area is 69.3 Å². The number of rotatable bonds is 1. The Morgan fingerprint density at radius 2 is 2.36 bits per heavy atom. The number of nitrogens with zero attached hydrogens (tertiary/aromatic N) is 1. The van der Waals surface area contributed by atoms with Gasteiger partial charge in [-0.15, -0.1) is 11.3 Å². The highest BCUT2D eigenvalue weighted by molar-refractivity contribution is 7.09. The average Bonchev–Trinajstić information content (AvgIpc) is 2.29. The third-order valence-electron chi connectivity index (χ3n) is 1.93. The summed E-state index contributed by atoms with van der Waals surface area (Å²) in [6.07, 6.45) is 1.43. The third kappa shape index (κ3) is 1.20. The molecule has 0 N–H and O–H groups in total. The smallest absolute Gasteiger partial charge is 0.134 e. The number of aromatic nitrogens is 1. The highest BCUT2D eigenvalue weighted by Crippen LogP contribution is 2.34. The van der Waals surface area contributed by atoms with E-state index in [1.54, 1.807) is 11.3 Å². The number of hydrogen-bond donors (Lipinski definition) is 0. The molecular weight excluding hydrogens is 158 g/mol. The molecule has 1 aromatic rings. The monoisotopic (exact) mass is 167 g/mol. The maximum absolute atomic E-state index is 10.7. The molecule has 1 saturated carbocycles. The van der Waals surface area contributed by atoms with Gasteiger partial charge in [0.05, 0.1) is 5.01 Å². The van der Waals surface area contributed by atoms with E-state index in [1.165, 1.54) is 0 Å². The van der Waals surface area contributed by atoms with Crippen LogP contribution in [0.3, 0.4) is 0 Å². The van der Waals surface area contributed by atoms with Crippen molar-refractivity contribution >= 4 is 17.1 Å². The maximum Gasteiger partial charge on any atom is 0.134 e. The second kappa shape index (κ2) is 2.41. The van der Waals surface area contributed by atoms with Gasteiger partial charge in [0.15, 0.2) is 0 Å². The number of carbonyl (C=O) groups excluding carboxylic acids is 1. The summed E-state index contributed by atoms with van der Waals surface area (Å²) >= 11 is 1.67. The first kappa shape index (κ1) is 6.98. The number of thiazole rings is 1. The van der Waals surface area contributed by atoms with Crippen molar-refractivity contribution in [3.8, 4) is 0 Å². The quantitative estimate of drug-likeness (QED) is 0.639. The summed E-state index contributed by atoms with van der Waals surface area (Å²) in [7, 11) is 0. The summed E-state index contributed by atoms with van der Waals surface area (Å²) in [6, 6.07) is 0. The van der Waals surface area contributed by atoms with E-state index in [-0.39, 0.29) is 0 Å². The Balaban J connectivity index is 2.12. The fourth-order valence-corrected chi connectivity index (χ4v) is 2.12. The van der Waals surface area contributed by atoms with E-state index in [0.717, 1.165) is 10.7 Å². The van der Waals surface area contributed by atoms with Crippen LogP contribution in [0.1, 0.15) is 29.5 Å². The zero-order chi connectivity index (χ0) is 7.84. The molecular formula is C8H9NOS. The Morgan fingerprint density at radius 3 is 2.82 bits per heavy atom. The number of Topliss-reactive ketones (excluding diaryl/α,β-unsaturated/α-hetero) is 1. The molecule has 0 aromatic carbocycles. The van der Waals surface area contributed by atoms with Gasteiger partial charge in [-0.1, -0.05) is 0 Å². The highest BCUT2D eigenvalue weighted by atomic mass is 32.1. The van der Waals surface area contributed by atoms with Gasteiger partial charge in [0.25, 0.3) is 0 Å². The summed E-state index contributed by atoms with van der Waals surface area (Å²) in [6.45, 7) is 1.99. The Morgan fingerprint density at radius 1 is 1.64 bits per heavy atom. The van der Waals surface area contributed by atoms with Gasteiger partial charge in [0, 0.05) is 29.8 Å². The average molecular weight is 167 g/mol. The van der Waals surface area contributed by atoms with Crippen LogP contribution >= 0.6 is 11.3 Å². The zero-order valence-electron chi connectivity index (χ0n) is 6.33. The van der Waals surface area contributed by atoms with E-state index in [0.29, 0.717) is 24.5 Å². The van der Waals surface area contributed by atoms with Crippen LogP contribution in [0, 0.1) is 6.92 Å². The first-order valence-electron chi connectivity index (χ1n) is 3.69. The molecule has 58 valence electrons. The van der Waals surface area contributed by atoms with Gasteiger partial charge in [-0.25, -0.2) is 4.98 Å². The minimum atomic E-state index is 0.378. The molecule has 1 aliphatic carbocycles. The zero-order valence-corrected chi connectivity index (χ0v) is 7.15. The maximum atomic E-state index is 10.7. The van der Waals surface area contributed by atoms with Gasteiger partial charge in [-0.2, -0.15) is 0 Å². The SMILES string of the molecule is Cc1csc(C2CC(=O)C2)n1. The van der Waals surface area contributed by atoms with Crippen molar-refractivity contribution in [1.29, 1.82) is 0 Å². The minimum Gasteiger partial charge on any atom is -0.300 e. The standard InChI is InChI=1S/C8H9NOS/c1-5-4-11-8(9-5)6-2-7(10)3-6/h4,6H,2-3H2,1H3. The summed E-state index contributed by atoms with van der Waals surface area (Å²) < 4.78 is 0. The van der Waals surface area contributed by atoms with E-state index < -0.39 is 0 Å². The van der Waals surface area contributed by atoms with Gasteiger partial charge in [-0.3, -0.25) is 4.79 Å². The van der Waals surface area contributed by atoms with Gasteiger partial charge < -0.3 is 0 Å². The van der Waals surface area contributed by atoms with Crippen molar-refractivity contribution in [3.05, 3.63) is 16.1 Å². The molecule has 3 heteroatoms. The molecule has 2 rings (SSSR count). The molecule has 1 aromatic heterocycles. The predicted octanol–water partition coefficient (Wildman–Crippen LogP) is 1.90. The van der Waals surface area contributed by atoms with E-state index in [9.17, 15) is 4.79 Å². The van der Waals surface area contributed by atoms with Crippen molar-refractivity contribution in [2.45, 2.75) is 25.7 Å². The lowest BCUT2D eigenvalue weighted by molar-refractivity contribution is -0.124. The fraction of sp³-hybridized carbons (Fsp3) is 0.500. The van der Waals surface area contributed by atoms with Gasteiger partial charge in [0.1, 0.15) is 5.78 Å². The lowest BCUT2D eigenvalue weighted by atomic mass is 9.85. The lowest BCUT2D eigenvalue weighted by Crippen LogP contribution is -2.20. The van der Waals surface area contributed by atoms with Crippen molar-refractivity contribution in [2.75, 3.05) is 0 Å². The normalized spacial score (nSPS) is 18.5. The van der Waals surface area contributed by atoms with E-state index in [2.05, 4.69) is 4.98 Å². The van der Waals surface area contributed by atoms with Crippen LogP contribution in [0.25, 0.3) is 0 Å². The Kier molecular flexibility index (Phi) is 1.53. The second-order valence-electron chi connectivity index (χ2n) is 2.97. The van der Waals surface area contributed by atoms with Crippen LogP contribution < -0.4 is 0 Å². The molecule has 2 nitrogen and oxygen atoms in total. The fourth-order valence-electron chi connectivity index (χ4n) is 1.22. The van der Waals surface area contributed by atoms with E-state index in [4.69, 9.17) is 0 Å². The van der Waals surface area contributed by atoms with Crippen LogP contribution in [-0.4, -0.2) is 10.8 Å². The van der Waals surface area contributed by atoms with Crippen molar-refractivity contribution in [3.63, 3.8) is 0 Å². The molecule has 0 amide bonds. The van der Waals surface area contributed by atoms with Crippen LogP contribution in [0.5, 0.6) is 0 Å². The number of ketones is 1. The highest BCUT2D eigenvalue weighted by Gasteiger charge is 2.29. The van der Waals surface area contributed by atoms with E-state index >= 15 is 0 Å². The van der Waals surface area contributed by atoms with Crippen LogP contribution in [-0.2, 0) is 4.79 Å². The number of aryl methyl sites for hydroxylation is 1. The van der Waals surface area contributed by atoms with E-state index in [1.807, 2.05) is 12.3 Å². The molecule has 0 saturated heterocycles. The lowest BCUT2D eigenvalue weighted by Gasteiger charge is -2.21. The van der Waals surface area contributed by atoms with Crippen LogP contribution in [0.4, 0.5) is 0 Å². The predicted molar refractivity (Wildman–Crippen MR) is 43.8 cm³/mol. The number of carbonyl (C=O) groups is 1. The first-order chi connectivity index (χ1) is 5.25. The Hall–Kier alpha value is -0.700. The van der Waals surface area contributed by atoms with Gasteiger partial charge in [0.2, 0.25) is 0 Å². The summed E-state index contributed by atoms with van der Waals surface area (Å²) in [5, 5.41) is 3.18. The van der Waals surface area contributed by atoms with Crippen molar-refractivity contribution < 1.29 is 4.79 Å². The largest absolute Gasteiger partial charge is 0.300 e. The molecule has 0 radical (unpaired) electrons. The van der Waals surface area contributed by atoms with Crippen molar-refractivity contribution in [1.82, 2.24) is 4.98 Å². The summed E-state index contributed by atoms with van der Waals surface area (Å²) in [4.78, 5) is 15.0. The molecule has 0 unspecified atom stereocenters. The van der Waals surface area contributed by atoms with Gasteiger partial charge >= 0.3 is 0 Å². The molecule has 0 aliphatic heterocycles. The molecule has 0 bridgehead atoms. The first-order valence-corrected chi connectivity index (χ1v) is 4.57. The molecule has 1 heterocycles. The molecule has 1 fully saturated rings. The van der Waals surface area contributed by atoms with Crippen molar-refractivity contribution in [2.24, 2.45) is 0 Å². The summed E-state index contributed by atoms with van der Waals surface area (Å²) in [5.41, 5.74) is 1.07. The summed E-state index contributed by atoms with van der Waals surface area (Å²) in [5.74, 6) is 0.823.